The van der Waals surface area contributed by atoms with Crippen LogP contribution in [0.3, 0.4) is 0 Å². The van der Waals surface area contributed by atoms with Gasteiger partial charge in [0.25, 0.3) is 0 Å². The molecule has 4 rings (SSSR count). The van der Waals surface area contributed by atoms with Crippen LogP contribution in [0.15, 0.2) is 53.0 Å². The van der Waals surface area contributed by atoms with Crippen molar-refractivity contribution in [1.29, 1.82) is 0 Å². The molecule has 2 aromatic carbocycles. The quantitative estimate of drug-likeness (QED) is 0.265. The summed E-state index contributed by atoms with van der Waals surface area (Å²) in [4.78, 5) is 15.6. The van der Waals surface area contributed by atoms with Crippen molar-refractivity contribution in [3.63, 3.8) is 0 Å². The Morgan fingerprint density at radius 1 is 1.19 bits per heavy atom. The highest BCUT2D eigenvalue weighted by molar-refractivity contribution is 7.99. The van der Waals surface area contributed by atoms with Gasteiger partial charge in [-0.15, -0.1) is 11.3 Å². The highest BCUT2D eigenvalue weighted by Crippen LogP contribution is 2.32. The molecule has 0 amide bonds. The Bertz CT molecular complexity index is 1160. The Hall–Kier alpha value is -2.35. The molecule has 164 valence electrons. The van der Waals surface area contributed by atoms with Crippen LogP contribution in [-0.2, 0) is 11.3 Å². The van der Waals surface area contributed by atoms with Crippen LogP contribution in [0.4, 0.5) is 0 Å². The number of rotatable bonds is 7. The fraction of sp³-hybridized carbons (Fsp3) is 0.333. The molecule has 7 heteroatoms. The minimum atomic E-state index is -0.746. The summed E-state index contributed by atoms with van der Waals surface area (Å²) in [5.74, 6) is 0.00304. The van der Waals surface area contributed by atoms with E-state index in [1.807, 2.05) is 18.2 Å². The van der Waals surface area contributed by atoms with Gasteiger partial charge in [0.15, 0.2) is 5.16 Å². The lowest BCUT2D eigenvalue weighted by Gasteiger charge is -2.09. The molecule has 0 spiro atoms. The van der Waals surface area contributed by atoms with Crippen molar-refractivity contribution in [2.24, 2.45) is 0 Å². The smallest absolute Gasteiger partial charge is 0.303 e. The highest BCUT2D eigenvalue weighted by atomic mass is 32.2. The van der Waals surface area contributed by atoms with E-state index in [2.05, 4.69) is 41.1 Å². The van der Waals surface area contributed by atoms with Crippen LogP contribution in [0, 0.1) is 6.92 Å². The van der Waals surface area contributed by atoms with Crippen LogP contribution < -0.4 is 0 Å². The van der Waals surface area contributed by atoms with Crippen LogP contribution >= 0.6 is 23.1 Å². The fourth-order valence-electron chi connectivity index (χ4n) is 3.33. The molecule has 0 radical (unpaired) electrons. The average Bonchev–Trinajstić information content (AvgIpc) is 3.28. The Kier molecular flexibility index (Phi) is 8.12. The van der Waals surface area contributed by atoms with E-state index in [1.54, 1.807) is 36.9 Å². The summed E-state index contributed by atoms with van der Waals surface area (Å²) in [5, 5.41) is 21.4. The molecule has 2 aromatic heterocycles. The van der Waals surface area contributed by atoms with E-state index < -0.39 is 5.97 Å². The molecular formula is C24H28N2O3S2. The number of aliphatic hydroxyl groups excluding tert-OH is 1. The zero-order valence-electron chi connectivity index (χ0n) is 18.0. The van der Waals surface area contributed by atoms with Gasteiger partial charge in [-0.1, -0.05) is 36.0 Å². The number of aromatic nitrogens is 2. The van der Waals surface area contributed by atoms with Crippen molar-refractivity contribution in [3.05, 3.63) is 59.0 Å². The maximum absolute atomic E-state index is 10.8. The number of carboxylic acids is 1. The Morgan fingerprint density at radius 3 is 2.68 bits per heavy atom. The van der Waals surface area contributed by atoms with E-state index in [4.69, 9.17) is 15.2 Å². The van der Waals surface area contributed by atoms with Gasteiger partial charge in [-0.2, -0.15) is 0 Å². The minimum absolute atomic E-state index is 0.167. The number of hydrogen-bond acceptors (Lipinski definition) is 5. The van der Waals surface area contributed by atoms with Crippen molar-refractivity contribution < 1.29 is 15.0 Å². The molecule has 0 bridgehead atoms. The molecule has 0 aliphatic heterocycles. The number of benzene rings is 2. The predicted octanol–water partition coefficient (Wildman–Crippen LogP) is 5.95. The van der Waals surface area contributed by atoms with Gasteiger partial charge >= 0.3 is 5.97 Å². The minimum Gasteiger partial charge on any atom is -0.481 e. The van der Waals surface area contributed by atoms with Crippen LogP contribution in [0.5, 0.6) is 0 Å². The maximum Gasteiger partial charge on any atom is 0.303 e. The molecule has 31 heavy (non-hydrogen) atoms. The molecule has 0 saturated heterocycles. The molecule has 0 fully saturated rings. The molecule has 0 saturated carbocycles. The summed E-state index contributed by atoms with van der Waals surface area (Å²) in [6, 6.07) is 14.6. The summed E-state index contributed by atoms with van der Waals surface area (Å²) < 4.78 is 3.57. The zero-order chi connectivity index (χ0) is 22.4. The van der Waals surface area contributed by atoms with Crippen molar-refractivity contribution in [1.82, 2.24) is 9.55 Å². The number of hydrogen-bond donors (Lipinski definition) is 2. The van der Waals surface area contributed by atoms with E-state index >= 15 is 0 Å². The molecular weight excluding hydrogens is 428 g/mol. The second kappa shape index (κ2) is 10.8. The van der Waals surface area contributed by atoms with Gasteiger partial charge in [-0.05, 0) is 61.9 Å². The third-order valence-electron chi connectivity index (χ3n) is 4.60. The van der Waals surface area contributed by atoms with Gasteiger partial charge in [0.2, 0.25) is 0 Å². The first-order valence-corrected chi connectivity index (χ1v) is 12.2. The topological polar surface area (TPSA) is 75.4 Å². The number of fused-ring (bicyclic) bond motifs is 2. The number of thioether (sulfide) groups is 1. The molecule has 2 N–H and O–H groups in total. The monoisotopic (exact) mass is 456 g/mol. The second-order valence-corrected chi connectivity index (χ2v) is 9.59. The zero-order valence-corrected chi connectivity index (χ0v) is 19.7. The number of aliphatic hydroxyl groups is 1. The van der Waals surface area contributed by atoms with E-state index in [9.17, 15) is 4.79 Å². The number of aryl methyl sites for hydroxylation is 1. The van der Waals surface area contributed by atoms with Gasteiger partial charge in [0.05, 0.1) is 17.6 Å². The third-order valence-corrected chi connectivity index (χ3v) is 6.66. The van der Waals surface area contributed by atoms with Gasteiger partial charge in [0.1, 0.15) is 0 Å². The molecule has 0 unspecified atom stereocenters. The third kappa shape index (κ3) is 6.09. The number of carbonyl (C=O) groups is 1. The largest absolute Gasteiger partial charge is 0.481 e. The number of thiophene rings is 1. The first kappa shape index (κ1) is 23.3. The van der Waals surface area contributed by atoms with E-state index in [-0.39, 0.29) is 12.5 Å². The first-order valence-electron chi connectivity index (χ1n) is 10.3. The Balaban J connectivity index is 0.000000628. The number of carboxylic acid groups (broad SMARTS) is 1. The van der Waals surface area contributed by atoms with Crippen LogP contribution in [0.1, 0.15) is 37.8 Å². The molecule has 0 aliphatic rings. The maximum atomic E-state index is 10.8. The SMILES string of the molecule is CC(C)O.Cc1cccc2scc(Cn3c(SCCCC(=O)O)nc4ccccc43)c12. The fourth-order valence-corrected chi connectivity index (χ4v) is 5.32. The molecule has 2 heterocycles. The number of para-hydroxylation sites is 2. The average molecular weight is 457 g/mol. The van der Waals surface area contributed by atoms with Crippen LogP contribution in [-0.4, -0.2) is 37.6 Å². The van der Waals surface area contributed by atoms with Crippen molar-refractivity contribution in [3.8, 4) is 0 Å². The summed E-state index contributed by atoms with van der Waals surface area (Å²) in [7, 11) is 0. The lowest BCUT2D eigenvalue weighted by molar-refractivity contribution is -0.137. The van der Waals surface area contributed by atoms with E-state index in [1.165, 1.54) is 21.2 Å². The lowest BCUT2D eigenvalue weighted by atomic mass is 10.1. The van der Waals surface area contributed by atoms with E-state index in [0.29, 0.717) is 6.42 Å². The van der Waals surface area contributed by atoms with Crippen molar-refractivity contribution in [2.45, 2.75) is 51.4 Å². The molecule has 0 aliphatic carbocycles. The number of imidazole rings is 1. The summed E-state index contributed by atoms with van der Waals surface area (Å²) in [6.45, 7) is 6.37. The van der Waals surface area contributed by atoms with E-state index in [0.717, 1.165) is 28.5 Å². The number of aliphatic carboxylic acids is 1. The first-order chi connectivity index (χ1) is 14.9. The Labute approximate surface area is 190 Å². The standard InChI is InChI=1S/C21H20N2O2S2.C3H8O/c1-14-6-4-9-18-20(14)15(13-27-18)12-23-17-8-3-2-7-16(17)22-21(23)26-11-5-10-19(24)25;1-3(2)4/h2-4,6-9,13H,5,10-12H2,1H3,(H,24,25);3-4H,1-2H3. The predicted molar refractivity (Wildman–Crippen MR) is 130 cm³/mol. The summed E-state index contributed by atoms with van der Waals surface area (Å²) >= 11 is 3.42. The van der Waals surface area contributed by atoms with Gasteiger partial charge in [-0.25, -0.2) is 4.98 Å². The molecule has 4 aromatic rings. The van der Waals surface area contributed by atoms with Crippen molar-refractivity contribution in [2.75, 3.05) is 5.75 Å². The molecule has 0 atom stereocenters. The van der Waals surface area contributed by atoms with Gasteiger partial charge in [-0.3, -0.25) is 4.79 Å². The molecule has 5 nitrogen and oxygen atoms in total. The van der Waals surface area contributed by atoms with Crippen molar-refractivity contribution >= 4 is 50.2 Å². The van der Waals surface area contributed by atoms with Crippen LogP contribution in [0.25, 0.3) is 21.1 Å². The summed E-state index contributed by atoms with van der Waals surface area (Å²) in [6.07, 6.45) is 0.672. The normalized spacial score (nSPS) is 11.1. The number of nitrogens with zero attached hydrogens (tertiary/aromatic N) is 2. The highest BCUT2D eigenvalue weighted by Gasteiger charge is 2.14. The Morgan fingerprint density at radius 2 is 1.94 bits per heavy atom. The van der Waals surface area contributed by atoms with Gasteiger partial charge < -0.3 is 14.8 Å². The lowest BCUT2D eigenvalue weighted by Crippen LogP contribution is -2.02. The second-order valence-electron chi connectivity index (χ2n) is 7.62. The van der Waals surface area contributed by atoms with Gasteiger partial charge in [0, 0.05) is 28.4 Å². The van der Waals surface area contributed by atoms with Crippen LogP contribution in [0.2, 0.25) is 0 Å². The summed E-state index contributed by atoms with van der Waals surface area (Å²) in [5.41, 5.74) is 4.70.